The summed E-state index contributed by atoms with van der Waals surface area (Å²) < 4.78 is 0.773. The van der Waals surface area contributed by atoms with Gasteiger partial charge >= 0.3 is 0 Å². The smallest absolute Gasteiger partial charge is 0.270 e. The molecule has 110 valence electrons. The predicted molar refractivity (Wildman–Crippen MR) is 80.5 cm³/mol. The first-order chi connectivity index (χ1) is 9.47. The fourth-order valence-corrected chi connectivity index (χ4v) is 3.25. The van der Waals surface area contributed by atoms with E-state index in [9.17, 15) is 15.2 Å². The van der Waals surface area contributed by atoms with E-state index in [-0.39, 0.29) is 16.7 Å². The maximum absolute atomic E-state index is 10.7. The number of non-ortho nitro benzene ring substituents is 1. The molecule has 20 heavy (non-hydrogen) atoms. The Morgan fingerprint density at radius 1 is 1.60 bits per heavy atom. The molecule has 0 aromatic heterocycles. The highest BCUT2D eigenvalue weighted by Gasteiger charge is 2.26. The van der Waals surface area contributed by atoms with Gasteiger partial charge in [-0.2, -0.15) is 0 Å². The van der Waals surface area contributed by atoms with Crippen molar-refractivity contribution in [3.05, 3.63) is 38.3 Å². The molecule has 1 aromatic carbocycles. The lowest BCUT2D eigenvalue weighted by atomic mass is 10.1. The average molecular weight is 343 g/mol. The first-order valence-electron chi connectivity index (χ1n) is 6.82. The molecular formula is C14H19BrN2O3. The average Bonchev–Trinajstić information content (AvgIpc) is 2.78. The zero-order valence-corrected chi connectivity index (χ0v) is 13.0. The SMILES string of the molecule is CC(O)CC1CCCN1Cc1ccc([N+](=O)[O-])cc1Br. The third-order valence-corrected chi connectivity index (χ3v) is 4.47. The summed E-state index contributed by atoms with van der Waals surface area (Å²) in [5.41, 5.74) is 1.15. The zero-order chi connectivity index (χ0) is 14.7. The summed E-state index contributed by atoms with van der Waals surface area (Å²) in [5, 5.41) is 20.3. The van der Waals surface area contributed by atoms with Crippen LogP contribution in [0.25, 0.3) is 0 Å². The lowest BCUT2D eigenvalue weighted by Gasteiger charge is -2.25. The molecule has 0 aliphatic carbocycles. The number of rotatable bonds is 5. The van der Waals surface area contributed by atoms with E-state index in [1.807, 2.05) is 6.92 Å². The summed E-state index contributed by atoms with van der Waals surface area (Å²) >= 11 is 3.41. The summed E-state index contributed by atoms with van der Waals surface area (Å²) in [6.07, 6.45) is 2.74. The van der Waals surface area contributed by atoms with Gasteiger partial charge in [-0.3, -0.25) is 15.0 Å². The minimum Gasteiger partial charge on any atom is -0.393 e. The van der Waals surface area contributed by atoms with Crippen molar-refractivity contribution in [2.75, 3.05) is 6.54 Å². The number of aliphatic hydroxyl groups excluding tert-OH is 1. The van der Waals surface area contributed by atoms with Gasteiger partial charge in [0.15, 0.2) is 0 Å². The van der Waals surface area contributed by atoms with Crippen LogP contribution in [0.4, 0.5) is 5.69 Å². The van der Waals surface area contributed by atoms with Gasteiger partial charge in [-0.05, 0) is 44.4 Å². The van der Waals surface area contributed by atoms with Crippen LogP contribution in [0.2, 0.25) is 0 Å². The van der Waals surface area contributed by atoms with Crippen LogP contribution in [0.3, 0.4) is 0 Å². The fraction of sp³-hybridized carbons (Fsp3) is 0.571. The molecule has 6 heteroatoms. The third kappa shape index (κ3) is 3.77. The second-order valence-electron chi connectivity index (χ2n) is 5.38. The van der Waals surface area contributed by atoms with Gasteiger partial charge < -0.3 is 5.11 Å². The highest BCUT2D eigenvalue weighted by atomic mass is 79.9. The van der Waals surface area contributed by atoms with E-state index in [2.05, 4.69) is 20.8 Å². The van der Waals surface area contributed by atoms with E-state index in [0.717, 1.165) is 42.4 Å². The van der Waals surface area contributed by atoms with Gasteiger partial charge in [-0.25, -0.2) is 0 Å². The summed E-state index contributed by atoms with van der Waals surface area (Å²) in [6.45, 7) is 3.59. The molecule has 0 bridgehead atoms. The van der Waals surface area contributed by atoms with Gasteiger partial charge in [0.2, 0.25) is 0 Å². The molecular weight excluding hydrogens is 324 g/mol. The normalized spacial score (nSPS) is 21.1. The number of nitro benzene ring substituents is 1. The van der Waals surface area contributed by atoms with E-state index >= 15 is 0 Å². The largest absolute Gasteiger partial charge is 0.393 e. The van der Waals surface area contributed by atoms with Crippen molar-refractivity contribution in [1.82, 2.24) is 4.90 Å². The van der Waals surface area contributed by atoms with E-state index in [1.165, 1.54) is 0 Å². The molecule has 0 radical (unpaired) electrons. The van der Waals surface area contributed by atoms with Gasteiger partial charge in [0.1, 0.15) is 0 Å². The van der Waals surface area contributed by atoms with E-state index in [1.54, 1.807) is 18.2 Å². The number of hydrogen-bond donors (Lipinski definition) is 1. The Labute approximate surface area is 126 Å². The molecule has 2 unspecified atom stereocenters. The Morgan fingerprint density at radius 3 is 2.95 bits per heavy atom. The predicted octanol–water partition coefficient (Wildman–Crippen LogP) is 3.09. The number of aliphatic hydroxyl groups is 1. The van der Waals surface area contributed by atoms with Crippen molar-refractivity contribution in [3.8, 4) is 0 Å². The van der Waals surface area contributed by atoms with E-state index in [0.29, 0.717) is 6.04 Å². The highest BCUT2D eigenvalue weighted by molar-refractivity contribution is 9.10. The molecule has 1 aliphatic heterocycles. The van der Waals surface area contributed by atoms with Gasteiger partial charge in [0.05, 0.1) is 11.0 Å². The molecule has 1 aromatic rings. The number of nitrogens with zero attached hydrogens (tertiary/aromatic N) is 2. The second-order valence-corrected chi connectivity index (χ2v) is 6.24. The fourth-order valence-electron chi connectivity index (χ4n) is 2.76. The van der Waals surface area contributed by atoms with Crippen molar-refractivity contribution in [2.24, 2.45) is 0 Å². The quantitative estimate of drug-likeness (QED) is 0.659. The van der Waals surface area contributed by atoms with Crippen molar-refractivity contribution < 1.29 is 10.0 Å². The van der Waals surface area contributed by atoms with Crippen LogP contribution in [-0.4, -0.2) is 33.6 Å². The maximum Gasteiger partial charge on any atom is 0.270 e. The molecule has 5 nitrogen and oxygen atoms in total. The van der Waals surface area contributed by atoms with Crippen LogP contribution >= 0.6 is 15.9 Å². The summed E-state index contributed by atoms with van der Waals surface area (Å²) in [4.78, 5) is 12.7. The zero-order valence-electron chi connectivity index (χ0n) is 11.5. The first-order valence-corrected chi connectivity index (χ1v) is 7.61. The Bertz CT molecular complexity index is 493. The van der Waals surface area contributed by atoms with Crippen LogP contribution in [0.5, 0.6) is 0 Å². The lowest BCUT2D eigenvalue weighted by molar-refractivity contribution is -0.384. The van der Waals surface area contributed by atoms with Gasteiger partial charge in [-0.15, -0.1) is 0 Å². The number of benzene rings is 1. The number of likely N-dealkylation sites (tertiary alicyclic amines) is 1. The lowest BCUT2D eigenvalue weighted by Crippen LogP contribution is -2.31. The van der Waals surface area contributed by atoms with Crippen LogP contribution in [-0.2, 0) is 6.54 Å². The molecule has 1 N–H and O–H groups in total. The molecule has 0 spiro atoms. The number of hydrogen-bond acceptors (Lipinski definition) is 4. The monoisotopic (exact) mass is 342 g/mol. The summed E-state index contributed by atoms with van der Waals surface area (Å²) in [6, 6.07) is 5.30. The third-order valence-electron chi connectivity index (χ3n) is 3.73. The molecule has 2 atom stereocenters. The Morgan fingerprint density at radius 2 is 2.35 bits per heavy atom. The number of nitro groups is 1. The Kier molecular flexibility index (Phi) is 5.12. The van der Waals surface area contributed by atoms with Crippen LogP contribution in [0.1, 0.15) is 31.7 Å². The van der Waals surface area contributed by atoms with Crippen LogP contribution < -0.4 is 0 Å². The molecule has 1 aliphatic rings. The topological polar surface area (TPSA) is 66.6 Å². The van der Waals surface area contributed by atoms with Crippen LogP contribution in [0, 0.1) is 10.1 Å². The second kappa shape index (κ2) is 6.65. The molecule has 0 amide bonds. The molecule has 2 rings (SSSR count). The Hall–Kier alpha value is -0.980. The van der Waals surface area contributed by atoms with Gasteiger partial charge in [-0.1, -0.05) is 15.9 Å². The van der Waals surface area contributed by atoms with E-state index < -0.39 is 0 Å². The van der Waals surface area contributed by atoms with Crippen LogP contribution in [0.15, 0.2) is 22.7 Å². The highest BCUT2D eigenvalue weighted by Crippen LogP contribution is 2.28. The van der Waals surface area contributed by atoms with Crippen molar-refractivity contribution in [3.63, 3.8) is 0 Å². The van der Waals surface area contributed by atoms with Gasteiger partial charge in [0.25, 0.3) is 5.69 Å². The van der Waals surface area contributed by atoms with Crippen molar-refractivity contribution >= 4 is 21.6 Å². The molecule has 1 saturated heterocycles. The minimum atomic E-state index is -0.388. The maximum atomic E-state index is 10.7. The summed E-state index contributed by atoms with van der Waals surface area (Å²) in [7, 11) is 0. The van der Waals surface area contributed by atoms with Crippen molar-refractivity contribution in [2.45, 2.75) is 44.9 Å². The standard InChI is InChI=1S/C14H19BrN2O3/c1-10(18)7-12-3-2-6-16(12)9-11-4-5-13(17(19)20)8-14(11)15/h4-5,8,10,12,18H,2-3,6-7,9H2,1H3. The summed E-state index contributed by atoms with van der Waals surface area (Å²) in [5.74, 6) is 0. The van der Waals surface area contributed by atoms with Gasteiger partial charge in [0, 0.05) is 29.2 Å². The first kappa shape index (κ1) is 15.4. The minimum absolute atomic E-state index is 0.0996. The van der Waals surface area contributed by atoms with E-state index in [4.69, 9.17) is 0 Å². The van der Waals surface area contributed by atoms with Crippen molar-refractivity contribution in [1.29, 1.82) is 0 Å². The number of halogens is 1. The molecule has 0 saturated carbocycles. The molecule has 1 heterocycles. The Balaban J connectivity index is 2.07. The molecule has 1 fully saturated rings.